The Morgan fingerprint density at radius 3 is 2.62 bits per heavy atom. The van der Waals surface area contributed by atoms with Gasteiger partial charge in [-0.2, -0.15) is 0 Å². The molecular formula is C9H20N2O4S. The first-order chi connectivity index (χ1) is 7.43. The molecular weight excluding hydrogens is 232 g/mol. The highest BCUT2D eigenvalue weighted by Crippen LogP contribution is 1.90. The molecule has 1 unspecified atom stereocenters. The lowest BCUT2D eigenvalue weighted by molar-refractivity contribution is -0.122. The van der Waals surface area contributed by atoms with Gasteiger partial charge in [0, 0.05) is 26.0 Å². The number of amides is 1. The third-order valence-electron chi connectivity index (χ3n) is 2.12. The molecule has 0 spiro atoms. The van der Waals surface area contributed by atoms with E-state index in [-0.39, 0.29) is 24.0 Å². The van der Waals surface area contributed by atoms with E-state index in [0.29, 0.717) is 13.0 Å². The van der Waals surface area contributed by atoms with Crippen LogP contribution in [0.2, 0.25) is 0 Å². The maximum Gasteiger partial charge on any atom is 0.237 e. The van der Waals surface area contributed by atoms with Crippen molar-refractivity contribution in [3.8, 4) is 0 Å². The van der Waals surface area contributed by atoms with Crippen LogP contribution in [0, 0.1) is 0 Å². The number of hydrogen-bond acceptors (Lipinski definition) is 5. The van der Waals surface area contributed by atoms with Crippen molar-refractivity contribution in [1.29, 1.82) is 0 Å². The van der Waals surface area contributed by atoms with Gasteiger partial charge >= 0.3 is 0 Å². The summed E-state index contributed by atoms with van der Waals surface area (Å²) in [7, 11) is -1.51. The molecule has 0 aliphatic heterocycles. The standard InChI is InChI=1S/C9H20N2O4S/c1-3-16(13,14)7-5-11-9(12)8(10)4-6-15-2/h8H,3-7,10H2,1-2H3,(H,11,12). The van der Waals surface area contributed by atoms with Crippen LogP contribution in [-0.2, 0) is 19.4 Å². The Bertz CT molecular complexity index is 303. The molecule has 96 valence electrons. The molecule has 0 fully saturated rings. The van der Waals surface area contributed by atoms with Gasteiger partial charge < -0.3 is 15.8 Å². The van der Waals surface area contributed by atoms with Gasteiger partial charge in [-0.15, -0.1) is 0 Å². The van der Waals surface area contributed by atoms with Crippen molar-refractivity contribution in [3.05, 3.63) is 0 Å². The topological polar surface area (TPSA) is 98.5 Å². The number of carbonyl (C=O) groups is 1. The summed E-state index contributed by atoms with van der Waals surface area (Å²) in [5.41, 5.74) is 5.54. The predicted octanol–water partition coefficient (Wildman–Crippen LogP) is -1.10. The number of ether oxygens (including phenoxy) is 1. The molecule has 0 aromatic rings. The maximum atomic E-state index is 11.3. The smallest absolute Gasteiger partial charge is 0.237 e. The van der Waals surface area contributed by atoms with Gasteiger partial charge in [-0.05, 0) is 6.42 Å². The summed E-state index contributed by atoms with van der Waals surface area (Å²) in [5.74, 6) is -0.312. The summed E-state index contributed by atoms with van der Waals surface area (Å²) in [6, 6.07) is -0.649. The average molecular weight is 252 g/mol. The third-order valence-corrected chi connectivity index (χ3v) is 3.83. The van der Waals surface area contributed by atoms with Crippen molar-refractivity contribution in [2.75, 3.05) is 31.8 Å². The molecule has 3 N–H and O–H groups in total. The second-order valence-corrected chi connectivity index (χ2v) is 5.89. The second kappa shape index (κ2) is 7.59. The van der Waals surface area contributed by atoms with E-state index in [0.717, 1.165) is 0 Å². The van der Waals surface area contributed by atoms with E-state index >= 15 is 0 Å². The summed E-state index contributed by atoms with van der Waals surface area (Å²) in [4.78, 5) is 11.3. The zero-order valence-corrected chi connectivity index (χ0v) is 10.5. The number of carbonyl (C=O) groups excluding carboxylic acids is 1. The Hall–Kier alpha value is -0.660. The molecule has 1 atom stereocenters. The van der Waals surface area contributed by atoms with E-state index in [4.69, 9.17) is 10.5 Å². The molecule has 0 aromatic heterocycles. The van der Waals surface area contributed by atoms with Gasteiger partial charge in [-0.25, -0.2) is 8.42 Å². The van der Waals surface area contributed by atoms with Crippen molar-refractivity contribution in [3.63, 3.8) is 0 Å². The Labute approximate surface area is 96.4 Å². The highest BCUT2D eigenvalue weighted by Gasteiger charge is 2.13. The van der Waals surface area contributed by atoms with Gasteiger partial charge in [-0.3, -0.25) is 4.79 Å². The van der Waals surface area contributed by atoms with Crippen LogP contribution in [0.1, 0.15) is 13.3 Å². The summed E-state index contributed by atoms with van der Waals surface area (Å²) in [6.45, 7) is 2.08. The number of hydrogen-bond donors (Lipinski definition) is 2. The lowest BCUT2D eigenvalue weighted by atomic mass is 10.2. The van der Waals surface area contributed by atoms with Crippen LogP contribution < -0.4 is 11.1 Å². The number of methoxy groups -OCH3 is 1. The summed E-state index contributed by atoms with van der Waals surface area (Å²) in [6.07, 6.45) is 0.420. The van der Waals surface area contributed by atoms with Gasteiger partial charge in [0.2, 0.25) is 5.91 Å². The number of nitrogens with one attached hydrogen (secondary N) is 1. The minimum absolute atomic E-state index is 0.0494. The normalized spacial score (nSPS) is 13.4. The van der Waals surface area contributed by atoms with E-state index in [1.54, 1.807) is 6.92 Å². The quantitative estimate of drug-likeness (QED) is 0.571. The first kappa shape index (κ1) is 15.3. The molecule has 0 aliphatic carbocycles. The number of rotatable bonds is 8. The Morgan fingerprint density at radius 1 is 1.50 bits per heavy atom. The maximum absolute atomic E-state index is 11.3. The Balaban J connectivity index is 3.81. The lowest BCUT2D eigenvalue weighted by Crippen LogP contribution is -2.42. The molecule has 0 heterocycles. The van der Waals surface area contributed by atoms with Crippen LogP contribution in [0.5, 0.6) is 0 Å². The molecule has 0 rings (SSSR count). The molecule has 0 saturated heterocycles. The van der Waals surface area contributed by atoms with Crippen molar-refractivity contribution in [1.82, 2.24) is 5.32 Å². The van der Waals surface area contributed by atoms with Gasteiger partial charge in [0.1, 0.15) is 0 Å². The minimum atomic E-state index is -3.04. The molecule has 7 heteroatoms. The Kier molecular flexibility index (Phi) is 7.27. The van der Waals surface area contributed by atoms with Crippen molar-refractivity contribution < 1.29 is 17.9 Å². The van der Waals surface area contributed by atoms with E-state index in [2.05, 4.69) is 5.32 Å². The zero-order valence-electron chi connectivity index (χ0n) is 9.73. The van der Waals surface area contributed by atoms with Crippen LogP contribution in [0.4, 0.5) is 0 Å². The molecule has 0 radical (unpaired) electrons. The summed E-state index contributed by atoms with van der Waals surface area (Å²) < 4.78 is 27.0. The Morgan fingerprint density at radius 2 is 2.12 bits per heavy atom. The largest absolute Gasteiger partial charge is 0.385 e. The molecule has 6 nitrogen and oxygen atoms in total. The molecule has 1 amide bonds. The first-order valence-electron chi connectivity index (χ1n) is 5.15. The van der Waals surface area contributed by atoms with E-state index in [1.165, 1.54) is 7.11 Å². The number of sulfone groups is 1. The van der Waals surface area contributed by atoms with Crippen LogP contribution in [0.15, 0.2) is 0 Å². The molecule has 0 bridgehead atoms. The average Bonchev–Trinajstić information content (AvgIpc) is 2.25. The van der Waals surface area contributed by atoms with Crippen LogP contribution in [0.3, 0.4) is 0 Å². The van der Waals surface area contributed by atoms with Crippen molar-refractivity contribution in [2.45, 2.75) is 19.4 Å². The fourth-order valence-electron chi connectivity index (χ4n) is 0.981. The SMILES string of the molecule is CCS(=O)(=O)CCNC(=O)C(N)CCOC. The minimum Gasteiger partial charge on any atom is -0.385 e. The van der Waals surface area contributed by atoms with Crippen LogP contribution in [-0.4, -0.2) is 52.1 Å². The fourth-order valence-corrected chi connectivity index (χ4v) is 1.68. The van der Waals surface area contributed by atoms with E-state index < -0.39 is 15.9 Å². The van der Waals surface area contributed by atoms with Gasteiger partial charge in [0.25, 0.3) is 0 Å². The molecule has 0 aromatic carbocycles. The first-order valence-corrected chi connectivity index (χ1v) is 6.97. The monoisotopic (exact) mass is 252 g/mol. The van der Waals surface area contributed by atoms with Gasteiger partial charge in [0.05, 0.1) is 11.8 Å². The van der Waals surface area contributed by atoms with Gasteiger partial charge in [0.15, 0.2) is 9.84 Å². The van der Waals surface area contributed by atoms with Crippen molar-refractivity contribution in [2.24, 2.45) is 5.73 Å². The highest BCUT2D eigenvalue weighted by molar-refractivity contribution is 7.91. The highest BCUT2D eigenvalue weighted by atomic mass is 32.2. The zero-order chi connectivity index (χ0) is 12.6. The lowest BCUT2D eigenvalue weighted by Gasteiger charge is -2.11. The third kappa shape index (κ3) is 6.76. The number of nitrogens with two attached hydrogens (primary N) is 1. The van der Waals surface area contributed by atoms with Gasteiger partial charge in [-0.1, -0.05) is 6.92 Å². The molecule has 0 aliphatic rings. The fraction of sp³-hybridized carbons (Fsp3) is 0.889. The van der Waals surface area contributed by atoms with Crippen LogP contribution in [0.25, 0.3) is 0 Å². The summed E-state index contributed by atoms with van der Waals surface area (Å²) in [5, 5.41) is 2.48. The van der Waals surface area contributed by atoms with E-state index in [9.17, 15) is 13.2 Å². The summed E-state index contributed by atoms with van der Waals surface area (Å²) >= 11 is 0. The van der Waals surface area contributed by atoms with Crippen LogP contribution >= 0.6 is 0 Å². The molecule has 0 saturated carbocycles. The second-order valence-electron chi connectivity index (χ2n) is 3.42. The van der Waals surface area contributed by atoms with E-state index in [1.807, 2.05) is 0 Å². The van der Waals surface area contributed by atoms with Crippen molar-refractivity contribution >= 4 is 15.7 Å². The molecule has 16 heavy (non-hydrogen) atoms. The predicted molar refractivity (Wildman–Crippen MR) is 61.8 cm³/mol.